The molecule has 0 bridgehead atoms. The summed E-state index contributed by atoms with van der Waals surface area (Å²) in [7, 11) is -1.17. The van der Waals surface area contributed by atoms with Crippen molar-refractivity contribution in [3.05, 3.63) is 88.0 Å². The van der Waals surface area contributed by atoms with Crippen molar-refractivity contribution in [2.24, 2.45) is 0 Å². The molecular weight excluding hydrogens is 462 g/mol. The highest BCUT2D eigenvalue weighted by Gasteiger charge is 2.20. The molecule has 0 heterocycles. The van der Waals surface area contributed by atoms with Gasteiger partial charge in [-0.05, 0) is 54.4 Å². The van der Waals surface area contributed by atoms with E-state index in [-0.39, 0.29) is 27.9 Å². The van der Waals surface area contributed by atoms with E-state index < -0.39 is 14.9 Å². The number of hydrogen-bond acceptors (Lipinski definition) is 7. The third kappa shape index (κ3) is 6.01. The minimum absolute atomic E-state index is 0.0722. The van der Waals surface area contributed by atoms with Crippen LogP contribution >= 0.6 is 0 Å². The van der Waals surface area contributed by atoms with Gasteiger partial charge in [-0.3, -0.25) is 19.6 Å². The maximum absolute atomic E-state index is 12.8. The molecule has 3 aromatic rings. The zero-order chi connectivity index (χ0) is 24.7. The van der Waals surface area contributed by atoms with Gasteiger partial charge in [-0.2, -0.15) is 0 Å². The summed E-state index contributed by atoms with van der Waals surface area (Å²) in [5.74, 6) is 0.536. The Kier molecular flexibility index (Phi) is 7.69. The molecule has 0 aliphatic carbocycles. The van der Waals surface area contributed by atoms with Gasteiger partial charge in [0.25, 0.3) is 21.6 Å². The molecule has 0 atom stereocenters. The second kappa shape index (κ2) is 10.7. The van der Waals surface area contributed by atoms with Gasteiger partial charge < -0.3 is 14.8 Å². The number of methoxy groups -OCH3 is 2. The van der Waals surface area contributed by atoms with Crippen molar-refractivity contribution in [2.45, 2.75) is 11.3 Å². The van der Waals surface area contributed by atoms with Crippen LogP contribution < -0.4 is 19.5 Å². The van der Waals surface area contributed by atoms with E-state index in [1.165, 1.54) is 43.5 Å². The smallest absolute Gasteiger partial charge is 0.271 e. The monoisotopic (exact) mass is 485 g/mol. The second-order valence-corrected chi connectivity index (χ2v) is 8.81. The third-order valence-electron chi connectivity index (χ3n) is 4.92. The van der Waals surface area contributed by atoms with E-state index in [4.69, 9.17) is 9.47 Å². The van der Waals surface area contributed by atoms with E-state index in [1.54, 1.807) is 7.11 Å². The molecule has 34 heavy (non-hydrogen) atoms. The number of amides is 1. The zero-order valence-electron chi connectivity index (χ0n) is 18.5. The number of carbonyl (C=O) groups is 1. The standard InChI is InChI=1S/C23H23N3O7S/c1-32-19-8-3-16(4-9-19)13-14-24-23(27)17-5-10-20(11-6-17)34(30,31)25-21-15-18(26(28)29)7-12-22(21)33-2/h3-12,15,25H,13-14H2,1-2H3,(H,24,27). The number of nitro groups is 1. The van der Waals surface area contributed by atoms with Gasteiger partial charge in [0.2, 0.25) is 0 Å². The van der Waals surface area contributed by atoms with Crippen LogP contribution in [0.25, 0.3) is 0 Å². The van der Waals surface area contributed by atoms with Crippen LogP contribution in [0.15, 0.2) is 71.6 Å². The van der Waals surface area contributed by atoms with Crippen molar-refractivity contribution in [1.82, 2.24) is 5.32 Å². The fourth-order valence-electron chi connectivity index (χ4n) is 3.09. The number of hydrogen-bond donors (Lipinski definition) is 2. The number of ether oxygens (including phenoxy) is 2. The Balaban J connectivity index is 1.65. The molecule has 1 amide bonds. The first kappa shape index (κ1) is 24.5. The van der Waals surface area contributed by atoms with E-state index in [2.05, 4.69) is 10.0 Å². The quantitative estimate of drug-likeness (QED) is 0.332. The van der Waals surface area contributed by atoms with E-state index in [9.17, 15) is 23.3 Å². The molecule has 0 aromatic heterocycles. The van der Waals surface area contributed by atoms with E-state index in [0.717, 1.165) is 17.4 Å². The normalized spacial score (nSPS) is 10.9. The van der Waals surface area contributed by atoms with Gasteiger partial charge >= 0.3 is 0 Å². The highest BCUT2D eigenvalue weighted by molar-refractivity contribution is 7.92. The van der Waals surface area contributed by atoms with Crippen LogP contribution in [0.3, 0.4) is 0 Å². The average molecular weight is 486 g/mol. The van der Waals surface area contributed by atoms with Crippen LogP contribution in [-0.4, -0.2) is 40.0 Å². The van der Waals surface area contributed by atoms with Crippen molar-refractivity contribution in [1.29, 1.82) is 0 Å². The lowest BCUT2D eigenvalue weighted by Crippen LogP contribution is -2.25. The number of anilines is 1. The van der Waals surface area contributed by atoms with Gasteiger partial charge in [0, 0.05) is 24.2 Å². The average Bonchev–Trinajstić information content (AvgIpc) is 2.84. The second-order valence-electron chi connectivity index (χ2n) is 7.13. The number of benzene rings is 3. The first-order valence-corrected chi connectivity index (χ1v) is 11.6. The third-order valence-corrected chi connectivity index (χ3v) is 6.30. The molecule has 3 aromatic carbocycles. The first-order valence-electron chi connectivity index (χ1n) is 10.1. The van der Waals surface area contributed by atoms with E-state index in [0.29, 0.717) is 18.5 Å². The van der Waals surface area contributed by atoms with Crippen LogP contribution in [0.4, 0.5) is 11.4 Å². The lowest BCUT2D eigenvalue weighted by molar-refractivity contribution is -0.384. The van der Waals surface area contributed by atoms with Crippen LogP contribution in [0.2, 0.25) is 0 Å². The highest BCUT2D eigenvalue weighted by atomic mass is 32.2. The molecule has 0 aliphatic heterocycles. The Bertz CT molecular complexity index is 1270. The maximum Gasteiger partial charge on any atom is 0.271 e. The van der Waals surface area contributed by atoms with Gasteiger partial charge in [0.1, 0.15) is 11.5 Å². The molecular formula is C23H23N3O7S. The Morgan fingerprint density at radius 3 is 2.24 bits per heavy atom. The molecule has 0 spiro atoms. The lowest BCUT2D eigenvalue weighted by atomic mass is 10.1. The summed E-state index contributed by atoms with van der Waals surface area (Å²) in [4.78, 5) is 22.7. The van der Waals surface area contributed by atoms with Crippen LogP contribution in [0.1, 0.15) is 15.9 Å². The molecule has 0 radical (unpaired) electrons. The molecule has 0 saturated heterocycles. The van der Waals surface area contributed by atoms with Gasteiger partial charge in [-0.25, -0.2) is 8.42 Å². The summed E-state index contributed by atoms with van der Waals surface area (Å²) >= 11 is 0. The maximum atomic E-state index is 12.8. The summed E-state index contributed by atoms with van der Waals surface area (Å²) in [6, 6.07) is 16.4. The number of carbonyl (C=O) groups excluding carboxylic acids is 1. The summed E-state index contributed by atoms with van der Waals surface area (Å²) in [5.41, 5.74) is 0.962. The molecule has 11 heteroatoms. The predicted octanol–water partition coefficient (Wildman–Crippen LogP) is 3.39. The van der Waals surface area contributed by atoms with Crippen LogP contribution in [-0.2, 0) is 16.4 Å². The number of non-ortho nitro benzene ring substituents is 1. The largest absolute Gasteiger partial charge is 0.497 e. The van der Waals surface area contributed by atoms with Crippen LogP contribution in [0.5, 0.6) is 11.5 Å². The van der Waals surface area contributed by atoms with Gasteiger partial charge in [0.05, 0.1) is 29.7 Å². The Labute approximate surface area is 196 Å². The number of nitro benzene ring substituents is 1. The fourth-order valence-corrected chi connectivity index (χ4v) is 4.15. The number of sulfonamides is 1. The Morgan fingerprint density at radius 2 is 1.65 bits per heavy atom. The molecule has 2 N–H and O–H groups in total. The fraction of sp³-hybridized carbons (Fsp3) is 0.174. The molecule has 0 saturated carbocycles. The predicted molar refractivity (Wildman–Crippen MR) is 126 cm³/mol. The summed E-state index contributed by atoms with van der Waals surface area (Å²) < 4.78 is 38.0. The first-order chi connectivity index (χ1) is 16.2. The lowest BCUT2D eigenvalue weighted by Gasteiger charge is -2.12. The van der Waals surface area contributed by atoms with Crippen molar-refractivity contribution in [2.75, 3.05) is 25.5 Å². The summed E-state index contributed by atoms with van der Waals surface area (Å²) in [6.45, 7) is 0.402. The summed E-state index contributed by atoms with van der Waals surface area (Å²) in [5, 5.41) is 13.8. The molecule has 0 unspecified atom stereocenters. The van der Waals surface area contributed by atoms with Crippen molar-refractivity contribution in [3.63, 3.8) is 0 Å². The number of rotatable bonds is 10. The molecule has 3 rings (SSSR count). The number of nitrogens with one attached hydrogen (secondary N) is 2. The minimum Gasteiger partial charge on any atom is -0.497 e. The van der Waals surface area contributed by atoms with Gasteiger partial charge in [-0.1, -0.05) is 12.1 Å². The minimum atomic E-state index is -4.08. The molecule has 178 valence electrons. The molecule has 0 aliphatic rings. The molecule has 10 nitrogen and oxygen atoms in total. The van der Waals surface area contributed by atoms with E-state index >= 15 is 0 Å². The topological polar surface area (TPSA) is 137 Å². The van der Waals surface area contributed by atoms with Crippen molar-refractivity contribution >= 4 is 27.3 Å². The zero-order valence-corrected chi connectivity index (χ0v) is 19.3. The Hall–Kier alpha value is -4.12. The van der Waals surface area contributed by atoms with Crippen molar-refractivity contribution in [3.8, 4) is 11.5 Å². The van der Waals surface area contributed by atoms with Crippen molar-refractivity contribution < 1.29 is 27.6 Å². The van der Waals surface area contributed by atoms with Gasteiger partial charge in [0.15, 0.2) is 0 Å². The number of nitrogens with zero attached hydrogens (tertiary/aromatic N) is 1. The Morgan fingerprint density at radius 1 is 0.971 bits per heavy atom. The SMILES string of the molecule is COc1ccc(CCNC(=O)c2ccc(S(=O)(=O)Nc3cc([N+](=O)[O-])ccc3OC)cc2)cc1. The van der Waals surface area contributed by atoms with Crippen LogP contribution in [0, 0.1) is 10.1 Å². The van der Waals surface area contributed by atoms with Gasteiger partial charge in [-0.15, -0.1) is 0 Å². The highest BCUT2D eigenvalue weighted by Crippen LogP contribution is 2.30. The summed E-state index contributed by atoms with van der Waals surface area (Å²) in [6.07, 6.45) is 0.622. The molecule has 0 fully saturated rings. The van der Waals surface area contributed by atoms with E-state index in [1.807, 2.05) is 24.3 Å².